The minimum absolute atomic E-state index is 0.0114. The lowest BCUT2D eigenvalue weighted by Gasteiger charge is -2.15. The van der Waals surface area contributed by atoms with Crippen molar-refractivity contribution in [2.45, 2.75) is 104 Å². The molecule has 0 spiro atoms. The van der Waals surface area contributed by atoms with E-state index in [0.717, 1.165) is 18.1 Å². The van der Waals surface area contributed by atoms with Gasteiger partial charge >= 0.3 is 11.5 Å². The quantitative estimate of drug-likeness (QED) is 0.262. The van der Waals surface area contributed by atoms with Gasteiger partial charge in [0, 0.05) is 36.2 Å². The number of hydrogen-bond acceptors (Lipinski definition) is 0. The van der Waals surface area contributed by atoms with Crippen LogP contribution in [0.1, 0.15) is 98.5 Å². The summed E-state index contributed by atoms with van der Waals surface area (Å²) in [5, 5.41) is 0. The van der Waals surface area contributed by atoms with Crippen molar-refractivity contribution < 1.29 is 8.98 Å². The van der Waals surface area contributed by atoms with Crippen LogP contribution in [0.5, 0.6) is 0 Å². The Morgan fingerprint density at radius 1 is 0.714 bits per heavy atom. The Hall–Kier alpha value is -1.70. The van der Waals surface area contributed by atoms with Crippen LogP contribution in [0.25, 0.3) is 11.1 Å². The summed E-state index contributed by atoms with van der Waals surface area (Å²) in [6, 6.07) is 8.90. The molecule has 0 aliphatic carbocycles. The zero-order chi connectivity index (χ0) is 20.8. The predicted octanol–water partition coefficient (Wildman–Crippen LogP) is 7.47. The highest BCUT2D eigenvalue weighted by Gasteiger charge is 2.34. The summed E-state index contributed by atoms with van der Waals surface area (Å²) in [6.45, 7) is 16.6. The number of pyridine rings is 1. The van der Waals surface area contributed by atoms with Gasteiger partial charge in [-0.2, -0.15) is 0 Å². The summed E-state index contributed by atoms with van der Waals surface area (Å²) in [4.78, 5) is 0. The molecule has 2 heteroatoms. The maximum absolute atomic E-state index is 6.28. The molecule has 0 saturated carbocycles. The second-order valence-corrected chi connectivity index (χ2v) is 10.2. The maximum atomic E-state index is 6.28. The standard InChI is InChI=1S/C26H41NO/c1-8-9-10-11-12-13-16-27-17-14-21(15-18-27)22-19-23(25(2,3)4)28-24(20-22)26(5,6)7/h14-15,17-20H,8-13,16H2,1-7H3/q+2. The number of aryl methyl sites for hydroxylation is 1. The molecule has 2 heterocycles. The average molecular weight is 384 g/mol. The van der Waals surface area contributed by atoms with Gasteiger partial charge in [0.05, 0.1) is 10.8 Å². The van der Waals surface area contributed by atoms with Gasteiger partial charge in [0.25, 0.3) is 0 Å². The Balaban J connectivity index is 2.14. The number of rotatable bonds is 8. The second kappa shape index (κ2) is 9.67. The fourth-order valence-corrected chi connectivity index (χ4v) is 3.28. The van der Waals surface area contributed by atoms with Crippen molar-refractivity contribution in [3.63, 3.8) is 0 Å². The first-order valence-corrected chi connectivity index (χ1v) is 11.1. The lowest BCUT2D eigenvalue weighted by molar-refractivity contribution is -0.697. The van der Waals surface area contributed by atoms with Crippen LogP contribution in [0.4, 0.5) is 0 Å². The average Bonchev–Trinajstić information content (AvgIpc) is 2.63. The van der Waals surface area contributed by atoms with Crippen LogP contribution in [0, 0.1) is 0 Å². The first-order chi connectivity index (χ1) is 13.1. The summed E-state index contributed by atoms with van der Waals surface area (Å²) in [5.41, 5.74) is 2.48. The molecule has 2 rings (SSSR count). The van der Waals surface area contributed by atoms with E-state index in [1.807, 2.05) is 0 Å². The monoisotopic (exact) mass is 383 g/mol. The Morgan fingerprint density at radius 2 is 1.21 bits per heavy atom. The fourth-order valence-electron chi connectivity index (χ4n) is 3.28. The van der Waals surface area contributed by atoms with Crippen molar-refractivity contribution in [1.82, 2.24) is 0 Å². The fraction of sp³-hybridized carbons (Fsp3) is 0.615. The third-order valence-electron chi connectivity index (χ3n) is 5.27. The van der Waals surface area contributed by atoms with Crippen molar-refractivity contribution in [1.29, 1.82) is 0 Å². The van der Waals surface area contributed by atoms with Gasteiger partial charge in [0.15, 0.2) is 12.4 Å². The molecule has 0 amide bonds. The van der Waals surface area contributed by atoms with Crippen LogP contribution in [0.15, 0.2) is 41.1 Å². The first kappa shape index (κ1) is 22.6. The van der Waals surface area contributed by atoms with Crippen LogP contribution >= 0.6 is 0 Å². The van der Waals surface area contributed by atoms with E-state index in [4.69, 9.17) is 4.42 Å². The van der Waals surface area contributed by atoms with E-state index in [9.17, 15) is 0 Å². The summed E-state index contributed by atoms with van der Waals surface area (Å²) in [6.07, 6.45) is 12.5. The van der Waals surface area contributed by atoms with Crippen LogP contribution in [0.3, 0.4) is 0 Å². The Labute approximate surface area is 173 Å². The van der Waals surface area contributed by atoms with Crippen LogP contribution in [0.2, 0.25) is 0 Å². The molecule has 154 valence electrons. The normalized spacial score (nSPS) is 12.4. The smallest absolute Gasteiger partial charge is 0.217 e. The molecule has 0 atom stereocenters. The Kier molecular flexibility index (Phi) is 7.80. The Bertz CT molecular complexity index is 700. The van der Waals surface area contributed by atoms with Crippen LogP contribution < -0.4 is 4.57 Å². The van der Waals surface area contributed by atoms with Gasteiger partial charge < -0.3 is 0 Å². The van der Waals surface area contributed by atoms with Crippen molar-refractivity contribution in [2.24, 2.45) is 0 Å². The van der Waals surface area contributed by atoms with Gasteiger partial charge in [-0.1, -0.05) is 32.6 Å². The minimum Gasteiger partial charge on any atom is -0.217 e. The van der Waals surface area contributed by atoms with Gasteiger partial charge in [-0.05, 0) is 53.5 Å². The molecule has 2 aromatic heterocycles. The van der Waals surface area contributed by atoms with Crippen LogP contribution in [-0.4, -0.2) is 0 Å². The molecule has 0 fully saturated rings. The topological polar surface area (TPSA) is 15.2 Å². The molecule has 2 nitrogen and oxygen atoms in total. The highest BCUT2D eigenvalue weighted by molar-refractivity contribution is 5.63. The van der Waals surface area contributed by atoms with Gasteiger partial charge in [-0.3, -0.25) is 0 Å². The third kappa shape index (κ3) is 6.72. The summed E-state index contributed by atoms with van der Waals surface area (Å²) < 4.78 is 8.59. The van der Waals surface area contributed by atoms with Gasteiger partial charge in [0.1, 0.15) is 6.54 Å². The molecule has 0 N–H and O–H groups in total. The van der Waals surface area contributed by atoms with Crippen LogP contribution in [-0.2, 0) is 17.4 Å². The largest absolute Gasteiger partial charge is 0.335 e. The van der Waals surface area contributed by atoms with E-state index in [0.29, 0.717) is 0 Å². The summed E-state index contributed by atoms with van der Waals surface area (Å²) in [5.74, 6) is 2.08. The molecular formula is C26H41NO+2. The predicted molar refractivity (Wildman–Crippen MR) is 120 cm³/mol. The third-order valence-corrected chi connectivity index (χ3v) is 5.27. The number of unbranched alkanes of at least 4 members (excludes halogenated alkanes) is 5. The molecule has 2 aromatic rings. The van der Waals surface area contributed by atoms with Crippen molar-refractivity contribution in [2.75, 3.05) is 0 Å². The zero-order valence-corrected chi connectivity index (χ0v) is 19.3. The van der Waals surface area contributed by atoms with Gasteiger partial charge in [0.2, 0.25) is 0 Å². The Morgan fingerprint density at radius 3 is 1.71 bits per heavy atom. The highest BCUT2D eigenvalue weighted by atomic mass is 16.3. The number of nitrogens with zero attached hydrogens (tertiary/aromatic N) is 1. The van der Waals surface area contributed by atoms with Crippen molar-refractivity contribution in [3.05, 3.63) is 48.2 Å². The van der Waals surface area contributed by atoms with E-state index in [-0.39, 0.29) is 10.8 Å². The lowest BCUT2D eigenvalue weighted by Crippen LogP contribution is -2.32. The van der Waals surface area contributed by atoms with E-state index in [1.165, 1.54) is 49.7 Å². The van der Waals surface area contributed by atoms with Gasteiger partial charge in [-0.15, -0.1) is 0 Å². The highest BCUT2D eigenvalue weighted by Crippen LogP contribution is 2.33. The summed E-state index contributed by atoms with van der Waals surface area (Å²) in [7, 11) is 0. The molecule has 0 saturated heterocycles. The molecule has 0 aliphatic heterocycles. The summed E-state index contributed by atoms with van der Waals surface area (Å²) >= 11 is 0. The molecule has 0 unspecified atom stereocenters. The van der Waals surface area contributed by atoms with E-state index in [1.54, 1.807) is 0 Å². The van der Waals surface area contributed by atoms with Crippen molar-refractivity contribution in [3.8, 4) is 11.1 Å². The lowest BCUT2D eigenvalue weighted by atomic mass is 9.87. The molecule has 0 bridgehead atoms. The zero-order valence-electron chi connectivity index (χ0n) is 19.3. The number of aromatic nitrogens is 1. The van der Waals surface area contributed by atoms with E-state index >= 15 is 0 Å². The molecular weight excluding hydrogens is 342 g/mol. The number of hydrogen-bond donors (Lipinski definition) is 0. The van der Waals surface area contributed by atoms with Gasteiger partial charge in [-0.25, -0.2) is 8.98 Å². The van der Waals surface area contributed by atoms with Crippen molar-refractivity contribution >= 4 is 0 Å². The van der Waals surface area contributed by atoms with E-state index in [2.05, 4.69) is 89.7 Å². The minimum atomic E-state index is -0.0114. The molecule has 0 radical (unpaired) electrons. The van der Waals surface area contributed by atoms with E-state index < -0.39 is 0 Å². The second-order valence-electron chi connectivity index (χ2n) is 10.2. The molecule has 0 aliphatic rings. The first-order valence-electron chi connectivity index (χ1n) is 11.1. The SMILES string of the molecule is CCCCCCCC[n+]1ccc(-c2cc(C(C)(C)C)[o+]c(C(C)(C)C)c2)cc1. The molecule has 0 aromatic carbocycles. The molecule has 28 heavy (non-hydrogen) atoms. The maximum Gasteiger partial charge on any atom is 0.335 e.